The number of rotatable bonds is 8. The summed E-state index contributed by atoms with van der Waals surface area (Å²) in [4.78, 5) is 5.72. The van der Waals surface area contributed by atoms with Gasteiger partial charge in [0, 0.05) is 23.7 Å². The summed E-state index contributed by atoms with van der Waals surface area (Å²) in [5, 5.41) is 23.7. The number of imidazole rings is 1. The fraction of sp³-hybridized carbons (Fsp3) is 0.269. The first kappa shape index (κ1) is 25.9. The van der Waals surface area contributed by atoms with Gasteiger partial charge in [0.25, 0.3) is 0 Å². The number of nitriles is 1. The van der Waals surface area contributed by atoms with Crippen molar-refractivity contribution in [3.63, 3.8) is 0 Å². The van der Waals surface area contributed by atoms with E-state index in [1.165, 1.54) is 10.5 Å². The molecular formula is C26H31N5OS. The van der Waals surface area contributed by atoms with Crippen LogP contribution in [0.5, 0.6) is 0 Å². The van der Waals surface area contributed by atoms with E-state index in [2.05, 4.69) is 59.0 Å². The average molecular weight is 462 g/mol. The number of allylic oxidation sites excluding steroid dienone is 4. The van der Waals surface area contributed by atoms with Gasteiger partial charge in [-0.05, 0) is 50.1 Å². The van der Waals surface area contributed by atoms with Crippen molar-refractivity contribution in [3.8, 4) is 17.6 Å². The van der Waals surface area contributed by atoms with Gasteiger partial charge in [-0.2, -0.15) is 10.4 Å². The third-order valence-electron chi connectivity index (χ3n) is 4.50. The van der Waals surface area contributed by atoms with Crippen LogP contribution in [-0.4, -0.2) is 30.0 Å². The Labute approximate surface area is 200 Å². The second kappa shape index (κ2) is 12.0. The summed E-state index contributed by atoms with van der Waals surface area (Å²) in [6.45, 7) is 13.0. The molecule has 33 heavy (non-hydrogen) atoms. The standard InChI is InChI=1S/C19H24N4OS.C7H7N/c1-5-14-6-8-15(9-7-14)25-17-12-20-18(22(17)4)16-10-11-23(21-16)13-19(2,3)24;1-3-4-5-7(2)6-8/h6-12,24H,5,13H2,1-4H3;3-5H,1-2H2/b;5-4-. The van der Waals surface area contributed by atoms with E-state index in [-0.39, 0.29) is 0 Å². The van der Waals surface area contributed by atoms with Crippen molar-refractivity contribution < 1.29 is 5.11 Å². The van der Waals surface area contributed by atoms with Crippen LogP contribution >= 0.6 is 11.8 Å². The minimum absolute atomic E-state index is 0.447. The molecule has 6 nitrogen and oxygen atoms in total. The molecule has 2 aromatic heterocycles. The lowest BCUT2D eigenvalue weighted by Gasteiger charge is -2.16. The molecule has 0 bridgehead atoms. The summed E-state index contributed by atoms with van der Waals surface area (Å²) in [5.74, 6) is 0.821. The predicted octanol–water partition coefficient (Wildman–Crippen LogP) is 5.58. The molecule has 0 radical (unpaired) electrons. The second-order valence-electron chi connectivity index (χ2n) is 8.02. The van der Waals surface area contributed by atoms with Crippen molar-refractivity contribution in [3.05, 3.63) is 85.2 Å². The number of nitrogens with zero attached hydrogens (tertiary/aromatic N) is 5. The highest BCUT2D eigenvalue weighted by molar-refractivity contribution is 7.99. The van der Waals surface area contributed by atoms with Crippen molar-refractivity contribution in [2.24, 2.45) is 7.05 Å². The van der Waals surface area contributed by atoms with Gasteiger partial charge in [0.05, 0.1) is 29.4 Å². The molecule has 0 atom stereocenters. The smallest absolute Gasteiger partial charge is 0.161 e. The zero-order valence-corrected chi connectivity index (χ0v) is 20.5. The SMILES string of the molecule is C=C/C=C\C(=C)C#N.CCc1ccc(Sc2cnc(-c3ccn(CC(C)(C)O)n3)n2C)cc1. The zero-order chi connectivity index (χ0) is 24.4. The van der Waals surface area contributed by atoms with Gasteiger partial charge in [0.2, 0.25) is 0 Å². The topological polar surface area (TPSA) is 79.7 Å². The summed E-state index contributed by atoms with van der Waals surface area (Å²) in [5.41, 5.74) is 1.80. The highest BCUT2D eigenvalue weighted by atomic mass is 32.2. The third kappa shape index (κ3) is 8.26. The summed E-state index contributed by atoms with van der Waals surface area (Å²) in [6.07, 6.45) is 9.68. The van der Waals surface area contributed by atoms with E-state index >= 15 is 0 Å². The van der Waals surface area contributed by atoms with Crippen LogP contribution in [0.15, 0.2) is 89.6 Å². The molecule has 0 spiro atoms. The summed E-state index contributed by atoms with van der Waals surface area (Å²) in [7, 11) is 2.00. The maximum absolute atomic E-state index is 9.93. The molecule has 0 aliphatic rings. The van der Waals surface area contributed by atoms with E-state index in [1.807, 2.05) is 31.6 Å². The van der Waals surface area contributed by atoms with E-state index in [9.17, 15) is 5.11 Å². The molecule has 0 saturated heterocycles. The van der Waals surface area contributed by atoms with Gasteiger partial charge in [-0.3, -0.25) is 4.68 Å². The van der Waals surface area contributed by atoms with Crippen molar-refractivity contribution in [1.82, 2.24) is 19.3 Å². The van der Waals surface area contributed by atoms with Crippen molar-refractivity contribution in [2.45, 2.75) is 49.3 Å². The van der Waals surface area contributed by atoms with Crippen molar-refractivity contribution >= 4 is 11.8 Å². The molecule has 3 rings (SSSR count). The number of hydrogen-bond donors (Lipinski definition) is 1. The Kier molecular flexibility index (Phi) is 9.46. The largest absolute Gasteiger partial charge is 0.389 e. The molecule has 0 fully saturated rings. The van der Waals surface area contributed by atoms with Crippen LogP contribution in [0.2, 0.25) is 0 Å². The maximum Gasteiger partial charge on any atom is 0.161 e. The Morgan fingerprint density at radius 2 is 1.97 bits per heavy atom. The molecule has 0 aliphatic heterocycles. The Morgan fingerprint density at radius 1 is 1.27 bits per heavy atom. The second-order valence-corrected chi connectivity index (χ2v) is 9.12. The average Bonchev–Trinajstić information content (AvgIpc) is 3.38. The molecule has 0 saturated carbocycles. The molecule has 1 N–H and O–H groups in total. The van der Waals surface area contributed by atoms with E-state index in [0.717, 1.165) is 23.0 Å². The highest BCUT2D eigenvalue weighted by Gasteiger charge is 2.16. The first-order chi connectivity index (χ1) is 15.7. The van der Waals surface area contributed by atoms with Gasteiger partial charge < -0.3 is 9.67 Å². The van der Waals surface area contributed by atoms with Gasteiger partial charge in [-0.15, -0.1) is 0 Å². The lowest BCUT2D eigenvalue weighted by molar-refractivity contribution is 0.0578. The number of aromatic nitrogens is 4. The first-order valence-corrected chi connectivity index (χ1v) is 11.4. The predicted molar refractivity (Wildman–Crippen MR) is 135 cm³/mol. The Hall–Kier alpha value is -3.34. The van der Waals surface area contributed by atoms with Crippen molar-refractivity contribution in [2.75, 3.05) is 0 Å². The normalized spacial score (nSPS) is 11.0. The van der Waals surface area contributed by atoms with Crippen LogP contribution in [0.25, 0.3) is 11.5 Å². The van der Waals surface area contributed by atoms with Crippen LogP contribution in [0.1, 0.15) is 26.3 Å². The minimum atomic E-state index is -0.795. The number of aryl methyl sites for hydroxylation is 1. The third-order valence-corrected chi connectivity index (χ3v) is 5.59. The Balaban J connectivity index is 0.000000414. The fourth-order valence-corrected chi connectivity index (χ4v) is 3.67. The molecule has 3 aromatic rings. The number of hydrogen-bond acceptors (Lipinski definition) is 5. The zero-order valence-electron chi connectivity index (χ0n) is 19.7. The molecule has 1 aromatic carbocycles. The van der Waals surface area contributed by atoms with Crippen LogP contribution in [-0.2, 0) is 20.0 Å². The van der Waals surface area contributed by atoms with E-state index in [4.69, 9.17) is 5.26 Å². The van der Waals surface area contributed by atoms with Gasteiger partial charge in [-0.25, -0.2) is 4.98 Å². The van der Waals surface area contributed by atoms with Gasteiger partial charge in [0.1, 0.15) is 5.69 Å². The van der Waals surface area contributed by atoms with Gasteiger partial charge in [-0.1, -0.05) is 56.1 Å². The molecule has 172 valence electrons. The molecule has 0 aliphatic carbocycles. The lowest BCUT2D eigenvalue weighted by Crippen LogP contribution is -2.26. The molecule has 0 amide bonds. The van der Waals surface area contributed by atoms with Crippen LogP contribution in [0.3, 0.4) is 0 Å². The number of aliphatic hydroxyl groups is 1. The van der Waals surface area contributed by atoms with Gasteiger partial charge in [0.15, 0.2) is 5.82 Å². The van der Waals surface area contributed by atoms with E-state index in [1.54, 1.807) is 48.5 Å². The maximum atomic E-state index is 9.93. The summed E-state index contributed by atoms with van der Waals surface area (Å²) < 4.78 is 3.80. The van der Waals surface area contributed by atoms with E-state index < -0.39 is 5.60 Å². The first-order valence-electron chi connectivity index (χ1n) is 10.6. The Morgan fingerprint density at radius 3 is 2.55 bits per heavy atom. The molecular weight excluding hydrogens is 430 g/mol. The lowest BCUT2D eigenvalue weighted by atomic mass is 10.1. The number of benzene rings is 1. The van der Waals surface area contributed by atoms with E-state index in [0.29, 0.717) is 12.1 Å². The molecule has 2 heterocycles. The Bertz CT molecular complexity index is 1140. The van der Waals surface area contributed by atoms with Crippen LogP contribution < -0.4 is 0 Å². The molecule has 0 unspecified atom stereocenters. The van der Waals surface area contributed by atoms with Crippen molar-refractivity contribution in [1.29, 1.82) is 5.26 Å². The minimum Gasteiger partial charge on any atom is -0.389 e. The molecule has 7 heteroatoms. The fourth-order valence-electron chi connectivity index (χ4n) is 2.83. The summed E-state index contributed by atoms with van der Waals surface area (Å²) >= 11 is 1.69. The van der Waals surface area contributed by atoms with Crippen LogP contribution in [0, 0.1) is 11.3 Å². The monoisotopic (exact) mass is 461 g/mol. The highest BCUT2D eigenvalue weighted by Crippen LogP contribution is 2.30. The van der Waals surface area contributed by atoms with Crippen LogP contribution in [0.4, 0.5) is 0 Å². The quantitative estimate of drug-likeness (QED) is 0.350. The summed E-state index contributed by atoms with van der Waals surface area (Å²) in [6, 6.07) is 12.4. The van der Waals surface area contributed by atoms with Gasteiger partial charge >= 0.3 is 0 Å².